The number of furan rings is 1. The molecule has 0 unspecified atom stereocenters. The van der Waals surface area contributed by atoms with Crippen molar-refractivity contribution in [2.24, 2.45) is 0 Å². The van der Waals surface area contributed by atoms with Gasteiger partial charge in [0.1, 0.15) is 17.1 Å². The van der Waals surface area contributed by atoms with E-state index in [1.54, 1.807) is 7.11 Å². The fourth-order valence-electron chi connectivity index (χ4n) is 2.23. The standard InChI is InChI=1S/C14H18O2/c1-5-10-13(9(2)3)14-11(15-4)7-6-8-12(14)16-10/h6-9H,5H2,1-4H3. The molecular weight excluding hydrogens is 200 g/mol. The summed E-state index contributed by atoms with van der Waals surface area (Å²) in [5, 5.41) is 1.14. The van der Waals surface area contributed by atoms with Gasteiger partial charge < -0.3 is 9.15 Å². The molecule has 16 heavy (non-hydrogen) atoms. The number of methoxy groups -OCH3 is 1. The maximum absolute atomic E-state index is 5.87. The van der Waals surface area contributed by atoms with Crippen molar-refractivity contribution >= 4 is 11.0 Å². The molecule has 0 aliphatic carbocycles. The molecule has 0 saturated carbocycles. The third-order valence-corrected chi connectivity index (χ3v) is 2.91. The quantitative estimate of drug-likeness (QED) is 0.773. The summed E-state index contributed by atoms with van der Waals surface area (Å²) in [6.07, 6.45) is 0.922. The van der Waals surface area contributed by atoms with Crippen molar-refractivity contribution in [1.82, 2.24) is 0 Å². The summed E-state index contributed by atoms with van der Waals surface area (Å²) in [4.78, 5) is 0. The molecule has 0 bridgehead atoms. The third-order valence-electron chi connectivity index (χ3n) is 2.91. The van der Waals surface area contributed by atoms with Crippen molar-refractivity contribution in [2.75, 3.05) is 7.11 Å². The maximum atomic E-state index is 5.87. The number of rotatable bonds is 3. The molecule has 0 saturated heterocycles. The van der Waals surface area contributed by atoms with Gasteiger partial charge in [-0.15, -0.1) is 0 Å². The number of fused-ring (bicyclic) bond motifs is 1. The normalized spacial score (nSPS) is 11.3. The zero-order valence-electron chi connectivity index (χ0n) is 10.3. The minimum absolute atomic E-state index is 0.451. The summed E-state index contributed by atoms with van der Waals surface area (Å²) in [5.74, 6) is 2.44. The largest absolute Gasteiger partial charge is 0.496 e. The Morgan fingerprint density at radius 2 is 2.06 bits per heavy atom. The molecule has 2 aromatic rings. The monoisotopic (exact) mass is 218 g/mol. The Labute approximate surface area is 96.2 Å². The molecule has 1 aromatic heterocycles. The van der Waals surface area contributed by atoms with Crippen molar-refractivity contribution < 1.29 is 9.15 Å². The van der Waals surface area contributed by atoms with Crippen LogP contribution in [-0.4, -0.2) is 7.11 Å². The van der Waals surface area contributed by atoms with E-state index in [0.29, 0.717) is 5.92 Å². The van der Waals surface area contributed by atoms with Crippen molar-refractivity contribution in [2.45, 2.75) is 33.1 Å². The van der Waals surface area contributed by atoms with E-state index in [0.717, 1.165) is 28.9 Å². The molecule has 0 aliphatic heterocycles. The average molecular weight is 218 g/mol. The third kappa shape index (κ3) is 1.58. The van der Waals surface area contributed by atoms with Gasteiger partial charge in [0.2, 0.25) is 0 Å². The highest BCUT2D eigenvalue weighted by molar-refractivity contribution is 5.89. The maximum Gasteiger partial charge on any atom is 0.138 e. The lowest BCUT2D eigenvalue weighted by Gasteiger charge is -2.07. The smallest absolute Gasteiger partial charge is 0.138 e. The van der Waals surface area contributed by atoms with Crippen LogP contribution >= 0.6 is 0 Å². The first kappa shape index (κ1) is 11.1. The van der Waals surface area contributed by atoms with Crippen molar-refractivity contribution in [3.05, 3.63) is 29.5 Å². The Bertz CT molecular complexity index is 495. The first-order valence-electron chi connectivity index (χ1n) is 5.77. The molecule has 86 valence electrons. The van der Waals surface area contributed by atoms with Crippen LogP contribution in [0.25, 0.3) is 11.0 Å². The molecule has 1 aromatic carbocycles. The van der Waals surface area contributed by atoms with Gasteiger partial charge in [-0.05, 0) is 18.1 Å². The molecule has 2 heteroatoms. The van der Waals surface area contributed by atoms with Crippen LogP contribution in [0, 0.1) is 0 Å². The molecule has 0 amide bonds. The van der Waals surface area contributed by atoms with Crippen LogP contribution in [0.5, 0.6) is 5.75 Å². The van der Waals surface area contributed by atoms with Crippen LogP contribution in [0.3, 0.4) is 0 Å². The van der Waals surface area contributed by atoms with E-state index in [9.17, 15) is 0 Å². The van der Waals surface area contributed by atoms with Gasteiger partial charge in [0.25, 0.3) is 0 Å². The molecule has 0 atom stereocenters. The van der Waals surface area contributed by atoms with Gasteiger partial charge in [-0.2, -0.15) is 0 Å². The van der Waals surface area contributed by atoms with Crippen molar-refractivity contribution in [1.29, 1.82) is 0 Å². The Morgan fingerprint density at radius 3 is 2.62 bits per heavy atom. The van der Waals surface area contributed by atoms with Crippen LogP contribution < -0.4 is 4.74 Å². The minimum atomic E-state index is 0.451. The van der Waals surface area contributed by atoms with Crippen molar-refractivity contribution in [3.8, 4) is 5.75 Å². The summed E-state index contributed by atoms with van der Waals surface area (Å²) < 4.78 is 11.3. The number of hydrogen-bond acceptors (Lipinski definition) is 2. The second kappa shape index (κ2) is 4.20. The van der Waals surface area contributed by atoms with Gasteiger partial charge in [-0.1, -0.05) is 26.8 Å². The van der Waals surface area contributed by atoms with E-state index in [-0.39, 0.29) is 0 Å². The topological polar surface area (TPSA) is 22.4 Å². The second-order valence-corrected chi connectivity index (χ2v) is 4.28. The molecule has 2 nitrogen and oxygen atoms in total. The second-order valence-electron chi connectivity index (χ2n) is 4.28. The number of benzene rings is 1. The van der Waals surface area contributed by atoms with Crippen LogP contribution in [0.1, 0.15) is 38.0 Å². The van der Waals surface area contributed by atoms with E-state index < -0.39 is 0 Å². The minimum Gasteiger partial charge on any atom is -0.496 e. The summed E-state index contributed by atoms with van der Waals surface area (Å²) in [6.45, 7) is 6.50. The zero-order chi connectivity index (χ0) is 11.7. The summed E-state index contributed by atoms with van der Waals surface area (Å²) in [6, 6.07) is 5.96. The first-order chi connectivity index (χ1) is 7.69. The molecule has 0 fully saturated rings. The Hall–Kier alpha value is -1.44. The van der Waals surface area contributed by atoms with E-state index in [1.807, 2.05) is 18.2 Å². The van der Waals surface area contributed by atoms with Crippen LogP contribution in [0.2, 0.25) is 0 Å². The number of hydrogen-bond donors (Lipinski definition) is 0. The lowest BCUT2D eigenvalue weighted by atomic mass is 9.98. The van der Waals surface area contributed by atoms with Gasteiger partial charge in [0.15, 0.2) is 0 Å². The Balaban J connectivity index is 2.80. The van der Waals surface area contributed by atoms with Crippen molar-refractivity contribution in [3.63, 3.8) is 0 Å². The SMILES string of the molecule is CCc1oc2cccc(OC)c2c1C(C)C. The van der Waals surface area contributed by atoms with Crippen LogP contribution in [-0.2, 0) is 6.42 Å². The van der Waals surface area contributed by atoms with Crippen LogP contribution in [0.4, 0.5) is 0 Å². The molecule has 0 aliphatic rings. The zero-order valence-corrected chi connectivity index (χ0v) is 10.3. The average Bonchev–Trinajstić information content (AvgIpc) is 2.66. The van der Waals surface area contributed by atoms with Crippen LogP contribution in [0.15, 0.2) is 22.6 Å². The van der Waals surface area contributed by atoms with E-state index in [2.05, 4.69) is 20.8 Å². The number of ether oxygens (including phenoxy) is 1. The Kier molecular flexibility index (Phi) is 2.90. The lowest BCUT2D eigenvalue weighted by molar-refractivity contribution is 0.419. The predicted octanol–water partition coefficient (Wildman–Crippen LogP) is 4.13. The fraction of sp³-hybridized carbons (Fsp3) is 0.429. The molecule has 0 radical (unpaired) electrons. The highest BCUT2D eigenvalue weighted by atomic mass is 16.5. The van der Waals surface area contributed by atoms with Gasteiger partial charge >= 0.3 is 0 Å². The molecule has 1 heterocycles. The summed E-state index contributed by atoms with van der Waals surface area (Å²) in [7, 11) is 1.71. The van der Waals surface area contributed by atoms with Gasteiger partial charge in [-0.25, -0.2) is 0 Å². The predicted molar refractivity (Wildman–Crippen MR) is 66.2 cm³/mol. The van der Waals surface area contributed by atoms with Gasteiger partial charge in [0.05, 0.1) is 12.5 Å². The molecule has 2 rings (SSSR count). The summed E-state index contributed by atoms with van der Waals surface area (Å²) >= 11 is 0. The first-order valence-corrected chi connectivity index (χ1v) is 5.77. The van der Waals surface area contributed by atoms with Gasteiger partial charge in [0, 0.05) is 12.0 Å². The molecule has 0 spiro atoms. The molecule has 0 N–H and O–H groups in total. The number of aryl methyl sites for hydroxylation is 1. The van der Waals surface area contributed by atoms with Gasteiger partial charge in [-0.3, -0.25) is 0 Å². The lowest BCUT2D eigenvalue weighted by Crippen LogP contribution is -1.92. The summed E-state index contributed by atoms with van der Waals surface area (Å²) in [5.41, 5.74) is 2.22. The highest BCUT2D eigenvalue weighted by Gasteiger charge is 2.18. The van der Waals surface area contributed by atoms with E-state index in [4.69, 9.17) is 9.15 Å². The molecular formula is C14H18O2. The Morgan fingerprint density at radius 1 is 1.31 bits per heavy atom. The highest BCUT2D eigenvalue weighted by Crippen LogP contribution is 2.37. The van der Waals surface area contributed by atoms with E-state index >= 15 is 0 Å². The fourth-order valence-corrected chi connectivity index (χ4v) is 2.23. The van der Waals surface area contributed by atoms with E-state index in [1.165, 1.54) is 5.56 Å².